The number of nitrogens with zero attached hydrogens (tertiary/aromatic N) is 3. The summed E-state index contributed by atoms with van der Waals surface area (Å²) in [5.74, 6) is 4.12. The van der Waals surface area contributed by atoms with Crippen LogP contribution in [0.1, 0.15) is 49.1 Å². The van der Waals surface area contributed by atoms with Gasteiger partial charge < -0.3 is 14.1 Å². The summed E-state index contributed by atoms with van der Waals surface area (Å²) < 4.78 is 11.6. The minimum absolute atomic E-state index is 0.0297. The number of anilines is 1. The zero-order chi connectivity index (χ0) is 15.8. The van der Waals surface area contributed by atoms with Crippen LogP contribution >= 0.6 is 11.6 Å². The highest BCUT2D eigenvalue weighted by molar-refractivity contribution is 6.29. The predicted octanol–water partition coefficient (Wildman–Crippen LogP) is 3.74. The van der Waals surface area contributed by atoms with Gasteiger partial charge in [0.1, 0.15) is 34.4 Å². The van der Waals surface area contributed by atoms with Crippen LogP contribution in [0.2, 0.25) is 5.15 Å². The molecule has 3 heterocycles. The second-order valence-corrected chi connectivity index (χ2v) is 6.51. The monoisotopic (exact) mass is 333 g/mol. The number of ether oxygens (including phenoxy) is 1. The molecule has 2 aromatic heterocycles. The number of hydrogen-bond donors (Lipinski definition) is 0. The van der Waals surface area contributed by atoms with E-state index in [0.29, 0.717) is 24.3 Å². The first-order valence-corrected chi connectivity index (χ1v) is 8.60. The zero-order valence-corrected chi connectivity index (χ0v) is 13.9. The SMILES string of the molecule is CCc1ccc(C2COCCN2c2cc(Cl)nc(C3CC3)n2)o1. The standard InChI is InChI=1S/C17H20ClN3O2/c1-2-12-5-6-14(23-12)13-10-22-8-7-21(13)16-9-15(18)19-17(20-16)11-3-4-11/h5-6,9,11,13H,2-4,7-8,10H2,1H3. The van der Waals surface area contributed by atoms with E-state index < -0.39 is 0 Å². The van der Waals surface area contributed by atoms with Crippen LogP contribution < -0.4 is 4.90 Å². The van der Waals surface area contributed by atoms with E-state index in [1.807, 2.05) is 18.2 Å². The van der Waals surface area contributed by atoms with E-state index in [2.05, 4.69) is 16.8 Å². The molecule has 2 fully saturated rings. The largest absolute Gasteiger partial charge is 0.464 e. The van der Waals surface area contributed by atoms with Gasteiger partial charge in [0.05, 0.1) is 13.2 Å². The smallest absolute Gasteiger partial charge is 0.135 e. The van der Waals surface area contributed by atoms with E-state index in [1.165, 1.54) is 0 Å². The van der Waals surface area contributed by atoms with Gasteiger partial charge in [0.25, 0.3) is 0 Å². The number of halogens is 1. The first-order valence-electron chi connectivity index (χ1n) is 8.22. The Labute approximate surface area is 140 Å². The summed E-state index contributed by atoms with van der Waals surface area (Å²) in [7, 11) is 0. The molecule has 1 unspecified atom stereocenters. The normalized spacial score (nSPS) is 21.7. The number of rotatable bonds is 4. The van der Waals surface area contributed by atoms with Gasteiger partial charge in [-0.1, -0.05) is 18.5 Å². The molecule has 1 atom stereocenters. The quantitative estimate of drug-likeness (QED) is 0.798. The summed E-state index contributed by atoms with van der Waals surface area (Å²) in [6.07, 6.45) is 3.20. The summed E-state index contributed by atoms with van der Waals surface area (Å²) >= 11 is 6.23. The van der Waals surface area contributed by atoms with Crippen molar-refractivity contribution >= 4 is 17.4 Å². The van der Waals surface area contributed by atoms with Crippen molar-refractivity contribution in [3.63, 3.8) is 0 Å². The van der Waals surface area contributed by atoms with Crippen LogP contribution in [0.5, 0.6) is 0 Å². The van der Waals surface area contributed by atoms with Gasteiger partial charge >= 0.3 is 0 Å². The molecule has 0 amide bonds. The van der Waals surface area contributed by atoms with Gasteiger partial charge in [-0.15, -0.1) is 0 Å². The summed E-state index contributed by atoms with van der Waals surface area (Å²) in [6, 6.07) is 5.94. The lowest BCUT2D eigenvalue weighted by Gasteiger charge is -2.35. The molecule has 5 nitrogen and oxygen atoms in total. The first-order chi connectivity index (χ1) is 11.2. The molecule has 2 aliphatic rings. The molecule has 0 aromatic carbocycles. The first kappa shape index (κ1) is 15.0. The molecule has 0 bridgehead atoms. The van der Waals surface area contributed by atoms with Crippen molar-refractivity contribution in [3.05, 3.63) is 40.7 Å². The van der Waals surface area contributed by atoms with Gasteiger partial charge in [0.15, 0.2) is 0 Å². The summed E-state index contributed by atoms with van der Waals surface area (Å²) in [4.78, 5) is 11.4. The molecule has 1 aliphatic heterocycles. The fourth-order valence-corrected chi connectivity index (χ4v) is 3.16. The van der Waals surface area contributed by atoms with Crippen molar-refractivity contribution in [2.45, 2.75) is 38.1 Å². The van der Waals surface area contributed by atoms with Gasteiger partial charge in [0, 0.05) is 24.9 Å². The van der Waals surface area contributed by atoms with Gasteiger partial charge in [0.2, 0.25) is 0 Å². The maximum Gasteiger partial charge on any atom is 0.135 e. The highest BCUT2D eigenvalue weighted by Gasteiger charge is 2.31. The second kappa shape index (κ2) is 6.13. The van der Waals surface area contributed by atoms with E-state index in [9.17, 15) is 0 Å². The molecule has 1 aliphatic carbocycles. The van der Waals surface area contributed by atoms with Crippen LogP contribution in [0, 0.1) is 0 Å². The second-order valence-electron chi connectivity index (χ2n) is 6.12. The maximum absolute atomic E-state index is 6.23. The van der Waals surface area contributed by atoms with Crippen LogP contribution in [0.3, 0.4) is 0 Å². The molecule has 6 heteroatoms. The number of aryl methyl sites for hydroxylation is 1. The molecule has 0 spiro atoms. The Bertz CT molecular complexity index is 699. The third-order valence-corrected chi connectivity index (χ3v) is 4.62. The molecule has 0 N–H and O–H groups in total. The van der Waals surface area contributed by atoms with Crippen molar-refractivity contribution in [1.29, 1.82) is 0 Å². The van der Waals surface area contributed by atoms with Crippen LogP contribution in [0.15, 0.2) is 22.6 Å². The number of hydrogen-bond acceptors (Lipinski definition) is 5. The lowest BCUT2D eigenvalue weighted by Crippen LogP contribution is -2.40. The van der Waals surface area contributed by atoms with Crippen molar-refractivity contribution in [3.8, 4) is 0 Å². The molecule has 1 saturated carbocycles. The Hall–Kier alpha value is -1.59. The Morgan fingerprint density at radius 1 is 1.30 bits per heavy atom. The van der Waals surface area contributed by atoms with Gasteiger partial charge in [-0.3, -0.25) is 0 Å². The van der Waals surface area contributed by atoms with Crippen LogP contribution in [0.25, 0.3) is 0 Å². The van der Waals surface area contributed by atoms with Crippen LogP contribution in [-0.4, -0.2) is 29.7 Å². The van der Waals surface area contributed by atoms with E-state index in [1.54, 1.807) is 0 Å². The lowest BCUT2D eigenvalue weighted by molar-refractivity contribution is 0.0869. The molecular weight excluding hydrogens is 314 g/mol. The topological polar surface area (TPSA) is 51.4 Å². The Morgan fingerprint density at radius 3 is 2.91 bits per heavy atom. The number of morpholine rings is 1. The molecule has 122 valence electrons. The summed E-state index contributed by atoms with van der Waals surface area (Å²) in [6.45, 7) is 4.13. The molecule has 1 saturated heterocycles. The molecular formula is C17H20ClN3O2. The summed E-state index contributed by atoms with van der Waals surface area (Å²) in [5, 5.41) is 0.510. The fraction of sp³-hybridized carbons (Fsp3) is 0.529. The maximum atomic E-state index is 6.23. The minimum Gasteiger partial charge on any atom is -0.464 e. The van der Waals surface area contributed by atoms with Gasteiger partial charge in [-0.2, -0.15) is 0 Å². The average Bonchev–Trinajstić information content (AvgIpc) is 3.32. The van der Waals surface area contributed by atoms with Crippen molar-refractivity contribution in [2.75, 3.05) is 24.7 Å². The Balaban J connectivity index is 1.67. The average molecular weight is 334 g/mol. The number of aromatic nitrogens is 2. The highest BCUT2D eigenvalue weighted by atomic mass is 35.5. The Morgan fingerprint density at radius 2 is 2.17 bits per heavy atom. The van der Waals surface area contributed by atoms with Gasteiger partial charge in [-0.25, -0.2) is 9.97 Å². The third-order valence-electron chi connectivity index (χ3n) is 4.42. The van der Waals surface area contributed by atoms with E-state index in [0.717, 1.165) is 49.0 Å². The van der Waals surface area contributed by atoms with E-state index >= 15 is 0 Å². The third kappa shape index (κ3) is 3.08. The Kier molecular flexibility index (Phi) is 3.99. The van der Waals surface area contributed by atoms with E-state index in [4.69, 9.17) is 25.7 Å². The lowest BCUT2D eigenvalue weighted by atomic mass is 10.1. The minimum atomic E-state index is 0.0297. The number of furan rings is 1. The molecule has 2 aromatic rings. The zero-order valence-electron chi connectivity index (χ0n) is 13.2. The van der Waals surface area contributed by atoms with Crippen molar-refractivity contribution in [2.24, 2.45) is 0 Å². The van der Waals surface area contributed by atoms with Gasteiger partial charge in [-0.05, 0) is 25.0 Å². The molecule has 23 heavy (non-hydrogen) atoms. The fourth-order valence-electron chi connectivity index (χ4n) is 2.97. The van der Waals surface area contributed by atoms with Crippen molar-refractivity contribution in [1.82, 2.24) is 9.97 Å². The molecule has 0 radical (unpaired) electrons. The van der Waals surface area contributed by atoms with E-state index in [-0.39, 0.29) is 6.04 Å². The predicted molar refractivity (Wildman–Crippen MR) is 88.0 cm³/mol. The van der Waals surface area contributed by atoms with Crippen molar-refractivity contribution < 1.29 is 9.15 Å². The molecule has 4 rings (SSSR count). The van der Waals surface area contributed by atoms with Crippen LogP contribution in [-0.2, 0) is 11.2 Å². The van der Waals surface area contributed by atoms with Crippen LogP contribution in [0.4, 0.5) is 5.82 Å². The summed E-state index contributed by atoms with van der Waals surface area (Å²) in [5.41, 5.74) is 0. The highest BCUT2D eigenvalue weighted by Crippen LogP contribution is 2.40.